The zero-order chi connectivity index (χ0) is 13.0. The summed E-state index contributed by atoms with van der Waals surface area (Å²) in [7, 11) is 1.67. The quantitative estimate of drug-likeness (QED) is 0.897. The monoisotopic (exact) mass is 243 g/mol. The average molecular weight is 243 g/mol. The maximum atomic E-state index is 5.19. The first-order valence-corrected chi connectivity index (χ1v) is 5.86. The van der Waals surface area contributed by atoms with E-state index in [1.807, 2.05) is 44.2 Å². The smallest absolute Gasteiger partial charge is 0.223 e. The molecular weight excluding hydrogens is 226 g/mol. The predicted molar refractivity (Wildman–Crippen MR) is 71.8 cm³/mol. The lowest BCUT2D eigenvalue weighted by Crippen LogP contribution is -2.05. The summed E-state index contributed by atoms with van der Waals surface area (Å²) in [4.78, 5) is 8.68. The molecule has 0 amide bonds. The molecule has 2 rings (SSSR count). The van der Waals surface area contributed by atoms with Crippen molar-refractivity contribution in [3.63, 3.8) is 0 Å². The summed E-state index contributed by atoms with van der Waals surface area (Å²) in [6.07, 6.45) is 0. The third kappa shape index (κ3) is 3.20. The Labute approximate surface area is 107 Å². The second-order valence-electron chi connectivity index (χ2n) is 4.18. The first kappa shape index (κ1) is 12.4. The molecule has 0 aliphatic rings. The summed E-state index contributed by atoms with van der Waals surface area (Å²) < 4.78 is 5.19. The lowest BCUT2D eigenvalue weighted by atomic mass is 10.2. The van der Waals surface area contributed by atoms with Crippen molar-refractivity contribution in [3.8, 4) is 5.75 Å². The summed E-state index contributed by atoms with van der Waals surface area (Å²) in [6, 6.07) is 9.89. The Bertz CT molecular complexity index is 520. The van der Waals surface area contributed by atoms with E-state index in [1.165, 1.54) is 0 Å². The van der Waals surface area contributed by atoms with Gasteiger partial charge in [0.2, 0.25) is 5.95 Å². The highest BCUT2D eigenvalue weighted by atomic mass is 16.5. The third-order valence-electron chi connectivity index (χ3n) is 2.57. The Morgan fingerprint density at radius 3 is 2.50 bits per heavy atom. The van der Waals surface area contributed by atoms with Crippen LogP contribution in [0.5, 0.6) is 5.75 Å². The van der Waals surface area contributed by atoms with Crippen LogP contribution in [0.3, 0.4) is 0 Å². The summed E-state index contributed by atoms with van der Waals surface area (Å²) >= 11 is 0. The van der Waals surface area contributed by atoms with Crippen LogP contribution < -0.4 is 10.1 Å². The fraction of sp³-hybridized carbons (Fsp3) is 0.286. The molecule has 18 heavy (non-hydrogen) atoms. The number of anilines is 1. The van der Waals surface area contributed by atoms with E-state index in [2.05, 4.69) is 15.3 Å². The minimum atomic E-state index is 0.662. The zero-order valence-corrected chi connectivity index (χ0v) is 10.9. The van der Waals surface area contributed by atoms with Crippen LogP contribution in [0.2, 0.25) is 0 Å². The molecule has 0 spiro atoms. The topological polar surface area (TPSA) is 47.0 Å². The minimum Gasteiger partial charge on any atom is -0.497 e. The number of nitrogens with one attached hydrogen (secondary N) is 1. The first-order valence-electron chi connectivity index (χ1n) is 5.86. The average Bonchev–Trinajstić information content (AvgIpc) is 2.35. The van der Waals surface area contributed by atoms with E-state index in [1.54, 1.807) is 7.11 Å². The van der Waals surface area contributed by atoms with E-state index >= 15 is 0 Å². The van der Waals surface area contributed by atoms with E-state index in [4.69, 9.17) is 4.74 Å². The van der Waals surface area contributed by atoms with Gasteiger partial charge in [-0.3, -0.25) is 0 Å². The van der Waals surface area contributed by atoms with Crippen molar-refractivity contribution in [3.05, 3.63) is 47.3 Å². The van der Waals surface area contributed by atoms with E-state index in [-0.39, 0.29) is 0 Å². The number of hydrogen-bond donors (Lipinski definition) is 1. The van der Waals surface area contributed by atoms with Crippen molar-refractivity contribution < 1.29 is 4.74 Å². The van der Waals surface area contributed by atoms with Gasteiger partial charge in [0.15, 0.2) is 0 Å². The van der Waals surface area contributed by atoms with Gasteiger partial charge in [0, 0.05) is 17.9 Å². The maximum Gasteiger partial charge on any atom is 0.223 e. The fourth-order valence-electron chi connectivity index (χ4n) is 1.77. The van der Waals surface area contributed by atoms with Crippen LogP contribution in [0.4, 0.5) is 5.95 Å². The molecule has 0 aliphatic carbocycles. The van der Waals surface area contributed by atoms with Gasteiger partial charge in [-0.25, -0.2) is 9.97 Å². The number of nitrogens with zero attached hydrogens (tertiary/aromatic N) is 2. The van der Waals surface area contributed by atoms with E-state index in [0.717, 1.165) is 22.7 Å². The van der Waals surface area contributed by atoms with Gasteiger partial charge in [-0.15, -0.1) is 0 Å². The molecule has 94 valence electrons. The Balaban J connectivity index is 2.06. The Morgan fingerprint density at radius 2 is 1.83 bits per heavy atom. The first-order chi connectivity index (χ1) is 8.67. The van der Waals surface area contributed by atoms with Crippen molar-refractivity contribution in [2.45, 2.75) is 20.4 Å². The van der Waals surface area contributed by atoms with Crippen LogP contribution >= 0.6 is 0 Å². The van der Waals surface area contributed by atoms with Gasteiger partial charge in [-0.1, -0.05) is 12.1 Å². The van der Waals surface area contributed by atoms with E-state index in [9.17, 15) is 0 Å². The highest BCUT2D eigenvalue weighted by molar-refractivity contribution is 5.33. The number of hydrogen-bond acceptors (Lipinski definition) is 4. The number of aromatic nitrogens is 2. The summed E-state index contributed by atoms with van der Waals surface area (Å²) in [5, 5.41) is 3.22. The van der Waals surface area contributed by atoms with E-state index < -0.39 is 0 Å². The number of aryl methyl sites for hydroxylation is 2. The fourth-order valence-corrected chi connectivity index (χ4v) is 1.77. The Morgan fingerprint density at radius 1 is 1.11 bits per heavy atom. The largest absolute Gasteiger partial charge is 0.497 e. The molecule has 0 atom stereocenters. The van der Waals surface area contributed by atoms with Gasteiger partial charge < -0.3 is 10.1 Å². The molecule has 0 fully saturated rings. The second kappa shape index (κ2) is 5.49. The SMILES string of the molecule is COc1cccc(CNc2nc(C)cc(C)n2)c1. The van der Waals surface area contributed by atoms with Gasteiger partial charge in [0.1, 0.15) is 5.75 Å². The summed E-state index contributed by atoms with van der Waals surface area (Å²) in [5.74, 6) is 1.52. The van der Waals surface area contributed by atoms with Crippen LogP contribution in [0.15, 0.2) is 30.3 Å². The number of benzene rings is 1. The molecule has 1 heterocycles. The van der Waals surface area contributed by atoms with Crippen molar-refractivity contribution in [2.24, 2.45) is 0 Å². The lowest BCUT2D eigenvalue weighted by Gasteiger charge is -2.07. The molecule has 4 nitrogen and oxygen atoms in total. The zero-order valence-electron chi connectivity index (χ0n) is 10.9. The normalized spacial score (nSPS) is 10.2. The van der Waals surface area contributed by atoms with Crippen molar-refractivity contribution in [2.75, 3.05) is 12.4 Å². The van der Waals surface area contributed by atoms with Crippen LogP contribution in [0, 0.1) is 13.8 Å². The van der Waals surface area contributed by atoms with Gasteiger partial charge in [-0.2, -0.15) is 0 Å². The predicted octanol–water partition coefficient (Wildman–Crippen LogP) is 2.71. The van der Waals surface area contributed by atoms with E-state index in [0.29, 0.717) is 12.5 Å². The summed E-state index contributed by atoms with van der Waals surface area (Å²) in [6.45, 7) is 4.61. The van der Waals surface area contributed by atoms with Crippen LogP contribution in [-0.2, 0) is 6.54 Å². The molecule has 1 aromatic carbocycles. The lowest BCUT2D eigenvalue weighted by molar-refractivity contribution is 0.414. The molecule has 0 unspecified atom stereocenters. The molecule has 0 saturated carbocycles. The number of ether oxygens (including phenoxy) is 1. The third-order valence-corrected chi connectivity index (χ3v) is 2.57. The summed E-state index contributed by atoms with van der Waals surface area (Å²) in [5.41, 5.74) is 3.07. The molecule has 0 radical (unpaired) electrons. The molecule has 1 aromatic heterocycles. The van der Waals surface area contributed by atoms with Gasteiger partial charge >= 0.3 is 0 Å². The van der Waals surface area contributed by atoms with Crippen LogP contribution in [-0.4, -0.2) is 17.1 Å². The van der Waals surface area contributed by atoms with Crippen LogP contribution in [0.1, 0.15) is 17.0 Å². The Hall–Kier alpha value is -2.10. The highest BCUT2D eigenvalue weighted by Crippen LogP contribution is 2.13. The molecule has 4 heteroatoms. The van der Waals surface area contributed by atoms with Crippen molar-refractivity contribution in [1.29, 1.82) is 0 Å². The molecule has 1 N–H and O–H groups in total. The van der Waals surface area contributed by atoms with Gasteiger partial charge in [0.05, 0.1) is 7.11 Å². The maximum absolute atomic E-state index is 5.19. The molecule has 2 aromatic rings. The minimum absolute atomic E-state index is 0.662. The van der Waals surface area contributed by atoms with Gasteiger partial charge in [0.25, 0.3) is 0 Å². The van der Waals surface area contributed by atoms with Crippen LogP contribution in [0.25, 0.3) is 0 Å². The number of rotatable bonds is 4. The van der Waals surface area contributed by atoms with Crippen molar-refractivity contribution in [1.82, 2.24) is 9.97 Å². The molecule has 0 saturated heterocycles. The van der Waals surface area contributed by atoms with Gasteiger partial charge in [-0.05, 0) is 37.6 Å². The second-order valence-corrected chi connectivity index (χ2v) is 4.18. The highest BCUT2D eigenvalue weighted by Gasteiger charge is 2.00. The molecular formula is C14H17N3O. The standard InChI is InChI=1S/C14H17N3O/c1-10-7-11(2)17-14(16-10)15-9-12-5-4-6-13(8-12)18-3/h4-8H,9H2,1-3H3,(H,15,16,17). The molecule has 0 aliphatic heterocycles. The van der Waals surface area contributed by atoms with Crippen molar-refractivity contribution >= 4 is 5.95 Å². The Kier molecular flexibility index (Phi) is 3.77. The number of methoxy groups -OCH3 is 1. The molecule has 0 bridgehead atoms.